The highest BCUT2D eigenvalue weighted by atomic mass is 16.5. The van der Waals surface area contributed by atoms with Crippen molar-refractivity contribution >= 4 is 5.91 Å². The van der Waals surface area contributed by atoms with Crippen LogP contribution in [0.4, 0.5) is 0 Å². The molecule has 0 bridgehead atoms. The fraction of sp³-hybridized carbons (Fsp3) is 0.318. The van der Waals surface area contributed by atoms with Crippen molar-refractivity contribution in [3.63, 3.8) is 0 Å². The summed E-state index contributed by atoms with van der Waals surface area (Å²) in [5.41, 5.74) is 3.62. The average Bonchev–Trinajstić information content (AvgIpc) is 3.31. The summed E-state index contributed by atoms with van der Waals surface area (Å²) >= 11 is 0. The van der Waals surface area contributed by atoms with Crippen molar-refractivity contribution in [2.24, 2.45) is 0 Å². The molecule has 28 heavy (non-hydrogen) atoms. The Morgan fingerprint density at radius 3 is 2.50 bits per heavy atom. The first-order valence-electron chi connectivity index (χ1n) is 9.10. The maximum absolute atomic E-state index is 13.0. The molecule has 3 aromatic rings. The minimum atomic E-state index is -0.0198. The van der Waals surface area contributed by atoms with Gasteiger partial charge in [0, 0.05) is 25.0 Å². The first-order chi connectivity index (χ1) is 13.4. The molecule has 0 saturated carbocycles. The van der Waals surface area contributed by atoms with Gasteiger partial charge in [-0.3, -0.25) is 4.79 Å². The van der Waals surface area contributed by atoms with Crippen LogP contribution in [0.15, 0.2) is 47.1 Å². The van der Waals surface area contributed by atoms with Crippen LogP contribution >= 0.6 is 0 Å². The van der Waals surface area contributed by atoms with Crippen LogP contribution in [-0.4, -0.2) is 36.6 Å². The molecule has 0 aliphatic heterocycles. The summed E-state index contributed by atoms with van der Waals surface area (Å²) in [4.78, 5) is 14.8. The smallest absolute Gasteiger partial charge is 0.255 e. The van der Waals surface area contributed by atoms with E-state index in [9.17, 15) is 4.79 Å². The molecule has 3 rings (SSSR count). The van der Waals surface area contributed by atoms with E-state index in [4.69, 9.17) is 13.9 Å². The maximum Gasteiger partial charge on any atom is 0.255 e. The predicted molar refractivity (Wildman–Crippen MR) is 107 cm³/mol. The molecule has 0 aliphatic carbocycles. The molecule has 2 heterocycles. The Bertz CT molecular complexity index is 957. The van der Waals surface area contributed by atoms with Crippen molar-refractivity contribution in [3.8, 4) is 11.5 Å². The molecule has 6 heteroatoms. The highest BCUT2D eigenvalue weighted by Crippen LogP contribution is 2.28. The molecule has 0 spiro atoms. The molecule has 0 radical (unpaired) electrons. The third-order valence-electron chi connectivity index (χ3n) is 4.91. The molecule has 148 valence electrons. The monoisotopic (exact) mass is 382 g/mol. The Morgan fingerprint density at radius 1 is 1.11 bits per heavy atom. The molecule has 1 amide bonds. The van der Waals surface area contributed by atoms with Gasteiger partial charge in [0.05, 0.1) is 32.6 Å². The van der Waals surface area contributed by atoms with E-state index in [1.165, 1.54) is 0 Å². The quantitative estimate of drug-likeness (QED) is 0.619. The van der Waals surface area contributed by atoms with Crippen LogP contribution in [0.2, 0.25) is 0 Å². The summed E-state index contributed by atoms with van der Waals surface area (Å²) in [6, 6.07) is 11.4. The fourth-order valence-electron chi connectivity index (χ4n) is 3.35. The van der Waals surface area contributed by atoms with Crippen LogP contribution in [0.25, 0.3) is 0 Å². The van der Waals surface area contributed by atoms with Gasteiger partial charge in [-0.1, -0.05) is 6.07 Å². The second kappa shape index (κ2) is 8.25. The Balaban J connectivity index is 1.78. The van der Waals surface area contributed by atoms with Crippen LogP contribution in [0.5, 0.6) is 11.5 Å². The second-order valence-corrected chi connectivity index (χ2v) is 6.80. The van der Waals surface area contributed by atoms with E-state index in [1.807, 2.05) is 50.2 Å². The van der Waals surface area contributed by atoms with Gasteiger partial charge in [0.25, 0.3) is 5.91 Å². The zero-order valence-corrected chi connectivity index (χ0v) is 17.0. The van der Waals surface area contributed by atoms with Gasteiger partial charge in [0.2, 0.25) is 0 Å². The van der Waals surface area contributed by atoms with E-state index in [0.29, 0.717) is 30.2 Å². The lowest BCUT2D eigenvalue weighted by Gasteiger charge is -2.18. The number of rotatable bonds is 7. The highest BCUT2D eigenvalue weighted by Gasteiger charge is 2.20. The van der Waals surface area contributed by atoms with E-state index < -0.39 is 0 Å². The van der Waals surface area contributed by atoms with Gasteiger partial charge < -0.3 is 23.4 Å². The molecule has 0 unspecified atom stereocenters. The summed E-state index contributed by atoms with van der Waals surface area (Å²) in [5.74, 6) is 2.16. The molecule has 6 nitrogen and oxygen atoms in total. The summed E-state index contributed by atoms with van der Waals surface area (Å²) in [7, 11) is 5.01. The maximum atomic E-state index is 13.0. The number of aromatic nitrogens is 1. The number of carbonyl (C=O) groups excluding carboxylic acids is 1. The van der Waals surface area contributed by atoms with Gasteiger partial charge in [-0.2, -0.15) is 0 Å². The molecule has 0 N–H and O–H groups in total. The number of nitrogens with zero attached hydrogens (tertiary/aromatic N) is 2. The number of amides is 1. The average molecular weight is 382 g/mol. The first kappa shape index (κ1) is 19.6. The van der Waals surface area contributed by atoms with Crippen molar-refractivity contribution in [2.45, 2.75) is 26.9 Å². The number of furan rings is 1. The topological polar surface area (TPSA) is 56.8 Å². The Hall–Kier alpha value is -3.15. The van der Waals surface area contributed by atoms with Crippen molar-refractivity contribution in [2.75, 3.05) is 21.3 Å². The van der Waals surface area contributed by atoms with Crippen molar-refractivity contribution in [3.05, 3.63) is 70.9 Å². The molecular formula is C22H26N2O4. The van der Waals surface area contributed by atoms with Crippen molar-refractivity contribution in [1.29, 1.82) is 0 Å². The number of aryl methyl sites for hydroxylation is 1. The number of benzene rings is 1. The molecule has 2 aromatic heterocycles. The fourth-order valence-corrected chi connectivity index (χ4v) is 3.35. The molecule has 0 aliphatic rings. The number of ether oxygens (including phenoxy) is 2. The second-order valence-electron chi connectivity index (χ2n) is 6.80. The molecule has 0 saturated heterocycles. The van der Waals surface area contributed by atoms with Crippen LogP contribution in [0, 0.1) is 13.8 Å². The van der Waals surface area contributed by atoms with Crippen LogP contribution in [0.1, 0.15) is 33.1 Å². The van der Waals surface area contributed by atoms with Crippen molar-refractivity contribution < 1.29 is 18.7 Å². The largest absolute Gasteiger partial charge is 0.493 e. The summed E-state index contributed by atoms with van der Waals surface area (Å²) < 4.78 is 18.2. The van der Waals surface area contributed by atoms with E-state index in [2.05, 4.69) is 4.57 Å². The lowest BCUT2D eigenvalue weighted by Crippen LogP contribution is -2.26. The van der Waals surface area contributed by atoms with Crippen LogP contribution in [-0.2, 0) is 13.1 Å². The molecule has 0 atom stereocenters. The van der Waals surface area contributed by atoms with Gasteiger partial charge in [-0.25, -0.2) is 0 Å². The summed E-state index contributed by atoms with van der Waals surface area (Å²) in [5, 5.41) is 0. The molecule has 1 aromatic carbocycles. The Kier molecular flexibility index (Phi) is 5.78. The minimum Gasteiger partial charge on any atom is -0.493 e. The van der Waals surface area contributed by atoms with Crippen LogP contribution < -0.4 is 9.47 Å². The standard InChI is InChI=1S/C22H26N2O4/c1-15-11-19(16(2)24(15)14-18-7-6-10-28-18)22(25)23(3)13-17-8-9-20(26-4)21(12-17)27-5/h6-12H,13-14H2,1-5H3. The number of methoxy groups -OCH3 is 2. The Morgan fingerprint density at radius 2 is 1.86 bits per heavy atom. The number of carbonyl (C=O) groups is 1. The third kappa shape index (κ3) is 3.91. The lowest BCUT2D eigenvalue weighted by atomic mass is 10.1. The normalized spacial score (nSPS) is 10.8. The van der Waals surface area contributed by atoms with E-state index >= 15 is 0 Å². The highest BCUT2D eigenvalue weighted by molar-refractivity contribution is 5.95. The van der Waals surface area contributed by atoms with Gasteiger partial charge >= 0.3 is 0 Å². The van der Waals surface area contributed by atoms with Gasteiger partial charge in [0.1, 0.15) is 5.76 Å². The van der Waals surface area contributed by atoms with E-state index in [1.54, 1.807) is 32.4 Å². The third-order valence-corrected chi connectivity index (χ3v) is 4.91. The van der Waals surface area contributed by atoms with E-state index in [-0.39, 0.29) is 5.91 Å². The molecule has 0 fully saturated rings. The van der Waals surface area contributed by atoms with Crippen LogP contribution in [0.3, 0.4) is 0 Å². The predicted octanol–water partition coefficient (Wildman–Crippen LogP) is 4.04. The van der Waals surface area contributed by atoms with Crippen molar-refractivity contribution in [1.82, 2.24) is 9.47 Å². The van der Waals surface area contributed by atoms with Gasteiger partial charge in [-0.15, -0.1) is 0 Å². The SMILES string of the molecule is COc1ccc(CN(C)C(=O)c2cc(C)n(Cc3ccco3)c2C)cc1OC. The Labute approximate surface area is 165 Å². The summed E-state index contributed by atoms with van der Waals surface area (Å²) in [6.45, 7) is 5.05. The number of hydrogen-bond donors (Lipinski definition) is 0. The van der Waals surface area contributed by atoms with E-state index in [0.717, 1.165) is 22.7 Å². The lowest BCUT2D eigenvalue weighted by molar-refractivity contribution is 0.0784. The summed E-state index contributed by atoms with van der Waals surface area (Å²) in [6.07, 6.45) is 1.66. The molecular weight excluding hydrogens is 356 g/mol. The van der Waals surface area contributed by atoms with Gasteiger partial charge in [0.15, 0.2) is 11.5 Å². The first-order valence-corrected chi connectivity index (χ1v) is 9.10. The zero-order valence-electron chi connectivity index (χ0n) is 17.0. The zero-order chi connectivity index (χ0) is 20.3. The minimum absolute atomic E-state index is 0.0198. The number of hydrogen-bond acceptors (Lipinski definition) is 4. The van der Waals surface area contributed by atoms with Gasteiger partial charge in [-0.05, 0) is 49.7 Å².